The van der Waals surface area contributed by atoms with E-state index in [0.717, 1.165) is 49.3 Å². The minimum atomic E-state index is -0.315. The molecule has 190 valence electrons. The summed E-state index contributed by atoms with van der Waals surface area (Å²) in [6.07, 6.45) is 7.96. The van der Waals surface area contributed by atoms with E-state index in [1.54, 1.807) is 9.42 Å². The lowest BCUT2D eigenvalue weighted by molar-refractivity contribution is -0.121. The summed E-state index contributed by atoms with van der Waals surface area (Å²) in [5, 5.41) is 15.6. The molecule has 3 aromatic heterocycles. The van der Waals surface area contributed by atoms with Crippen LogP contribution in [0.25, 0.3) is 5.52 Å². The Morgan fingerprint density at radius 3 is 2.89 bits per heavy atom. The van der Waals surface area contributed by atoms with Crippen LogP contribution >= 0.6 is 0 Å². The molecular weight excluding hydrogens is 460 g/mol. The molecular formula is C25H32N8O3. The number of H-pyrrole nitrogens is 1. The van der Waals surface area contributed by atoms with E-state index in [4.69, 9.17) is 14.8 Å². The normalized spacial score (nSPS) is 22.2. The van der Waals surface area contributed by atoms with Gasteiger partial charge in [0.05, 0.1) is 13.2 Å². The van der Waals surface area contributed by atoms with Crippen LogP contribution in [0, 0.1) is 5.92 Å². The van der Waals surface area contributed by atoms with Crippen molar-refractivity contribution in [2.45, 2.75) is 56.9 Å². The number of amides is 1. The van der Waals surface area contributed by atoms with Gasteiger partial charge in [-0.1, -0.05) is 0 Å². The van der Waals surface area contributed by atoms with Crippen LogP contribution in [0.1, 0.15) is 56.6 Å². The SMILES string of the molecule is COC(=O)N1CCCC(CC(=O)[C@@H]2CCCN2c2nc(Nc3cc(C4CC4)[nH]n3)c3cccn3n2)C1. The fraction of sp³-hybridized carbons (Fsp3) is 0.560. The Labute approximate surface area is 209 Å². The van der Waals surface area contributed by atoms with E-state index >= 15 is 0 Å². The zero-order valence-corrected chi connectivity index (χ0v) is 20.5. The van der Waals surface area contributed by atoms with E-state index in [9.17, 15) is 9.59 Å². The number of nitrogens with one attached hydrogen (secondary N) is 2. The van der Waals surface area contributed by atoms with Crippen molar-refractivity contribution >= 4 is 35.0 Å². The number of piperidine rings is 1. The van der Waals surface area contributed by atoms with Gasteiger partial charge in [0.2, 0.25) is 5.95 Å². The van der Waals surface area contributed by atoms with Gasteiger partial charge in [-0.3, -0.25) is 9.89 Å². The summed E-state index contributed by atoms with van der Waals surface area (Å²) in [4.78, 5) is 34.0. The van der Waals surface area contributed by atoms with Gasteiger partial charge >= 0.3 is 6.09 Å². The summed E-state index contributed by atoms with van der Waals surface area (Å²) in [6.45, 7) is 1.99. The van der Waals surface area contributed by atoms with Gasteiger partial charge in [0, 0.05) is 49.9 Å². The van der Waals surface area contributed by atoms with Gasteiger partial charge in [-0.05, 0) is 56.6 Å². The highest BCUT2D eigenvalue weighted by Gasteiger charge is 2.35. The number of ketones is 1. The molecule has 3 aliphatic rings. The molecule has 1 amide bonds. The van der Waals surface area contributed by atoms with Gasteiger partial charge in [-0.15, -0.1) is 5.10 Å². The van der Waals surface area contributed by atoms with Gasteiger partial charge < -0.3 is 19.9 Å². The molecule has 36 heavy (non-hydrogen) atoms. The van der Waals surface area contributed by atoms with E-state index in [-0.39, 0.29) is 23.8 Å². The number of hydrogen-bond donors (Lipinski definition) is 2. The molecule has 1 saturated carbocycles. The Bertz CT molecular complexity index is 1270. The second-order valence-electron chi connectivity index (χ2n) is 10.2. The van der Waals surface area contributed by atoms with Gasteiger partial charge in [-0.2, -0.15) is 10.1 Å². The largest absolute Gasteiger partial charge is 0.453 e. The Kier molecular flexibility index (Phi) is 5.98. The van der Waals surface area contributed by atoms with E-state index in [2.05, 4.69) is 15.5 Å². The maximum atomic E-state index is 13.4. The summed E-state index contributed by atoms with van der Waals surface area (Å²) >= 11 is 0. The van der Waals surface area contributed by atoms with Crippen LogP contribution in [-0.4, -0.2) is 74.4 Å². The number of methoxy groups -OCH3 is 1. The monoisotopic (exact) mass is 492 g/mol. The maximum absolute atomic E-state index is 13.4. The van der Waals surface area contributed by atoms with Crippen molar-refractivity contribution in [1.82, 2.24) is 29.7 Å². The molecule has 0 bridgehead atoms. The summed E-state index contributed by atoms with van der Waals surface area (Å²) < 4.78 is 6.68. The number of fused-ring (bicyclic) bond motifs is 1. The van der Waals surface area contributed by atoms with Crippen LogP contribution in [0.3, 0.4) is 0 Å². The standard InChI is InChI=1S/C25H32N8O3/c1-36-25(35)31-10-2-5-16(15-31)13-21(34)19-6-3-11-32(19)24-27-23(20-7-4-12-33(20)30-24)26-22-14-18(28-29-22)17-8-9-17/h4,7,12,14,16-17,19H,2-3,5-6,8-11,13,15H2,1H3,(H2,26,27,28,29,30)/t16?,19-/m0/s1. The third kappa shape index (κ3) is 4.49. The molecule has 1 unspecified atom stereocenters. The predicted molar refractivity (Wildman–Crippen MR) is 134 cm³/mol. The number of carbonyl (C=O) groups is 2. The number of anilines is 3. The molecule has 2 saturated heterocycles. The van der Waals surface area contributed by atoms with E-state index in [0.29, 0.717) is 37.2 Å². The number of rotatable bonds is 7. The van der Waals surface area contributed by atoms with Crippen molar-refractivity contribution in [1.29, 1.82) is 0 Å². The van der Waals surface area contributed by atoms with Crippen molar-refractivity contribution in [3.8, 4) is 0 Å². The van der Waals surface area contributed by atoms with Crippen LogP contribution in [0.15, 0.2) is 24.4 Å². The number of hydrogen-bond acceptors (Lipinski definition) is 8. The van der Waals surface area contributed by atoms with Crippen LogP contribution in [0.2, 0.25) is 0 Å². The highest BCUT2D eigenvalue weighted by Crippen LogP contribution is 2.40. The fourth-order valence-corrected chi connectivity index (χ4v) is 5.55. The Morgan fingerprint density at radius 1 is 1.19 bits per heavy atom. The lowest BCUT2D eigenvalue weighted by atomic mass is 9.90. The first-order valence-corrected chi connectivity index (χ1v) is 12.9. The molecule has 1 aliphatic carbocycles. The smallest absolute Gasteiger partial charge is 0.409 e. The molecule has 5 heterocycles. The molecule has 2 N–H and O–H groups in total. The van der Waals surface area contributed by atoms with Crippen molar-refractivity contribution in [3.63, 3.8) is 0 Å². The van der Waals surface area contributed by atoms with Crippen LogP contribution < -0.4 is 10.2 Å². The molecule has 11 heteroatoms. The highest BCUT2D eigenvalue weighted by molar-refractivity contribution is 5.88. The lowest BCUT2D eigenvalue weighted by Crippen LogP contribution is -2.43. The van der Waals surface area contributed by atoms with Crippen LogP contribution in [-0.2, 0) is 9.53 Å². The second kappa shape index (κ2) is 9.44. The van der Waals surface area contributed by atoms with Crippen molar-refractivity contribution < 1.29 is 14.3 Å². The van der Waals surface area contributed by atoms with Gasteiger partial charge in [0.1, 0.15) is 5.52 Å². The van der Waals surface area contributed by atoms with Crippen LogP contribution in [0.5, 0.6) is 0 Å². The number of ether oxygens (including phenoxy) is 1. The fourth-order valence-electron chi connectivity index (χ4n) is 5.55. The number of likely N-dealkylation sites (tertiary alicyclic amines) is 1. The van der Waals surface area contributed by atoms with E-state index < -0.39 is 0 Å². The Balaban J connectivity index is 1.20. The zero-order chi connectivity index (χ0) is 24.6. The Hall–Kier alpha value is -3.63. The topological polar surface area (TPSA) is 121 Å². The number of Topliss-reactive ketones (excluding diaryl/α,β-unsaturated/α-hetero) is 1. The first-order chi connectivity index (χ1) is 17.6. The average Bonchev–Trinajstić information content (AvgIpc) is 3.27. The third-order valence-corrected chi connectivity index (χ3v) is 7.56. The third-order valence-electron chi connectivity index (χ3n) is 7.56. The lowest BCUT2D eigenvalue weighted by Gasteiger charge is -2.32. The number of aromatic nitrogens is 5. The number of nitrogens with zero attached hydrogens (tertiary/aromatic N) is 6. The molecule has 0 spiro atoms. The van der Waals surface area contributed by atoms with Gasteiger partial charge in [0.15, 0.2) is 17.4 Å². The second-order valence-corrected chi connectivity index (χ2v) is 10.2. The van der Waals surface area contributed by atoms with E-state index in [1.807, 2.05) is 29.3 Å². The summed E-state index contributed by atoms with van der Waals surface area (Å²) in [6, 6.07) is 5.68. The Morgan fingerprint density at radius 2 is 2.06 bits per heavy atom. The van der Waals surface area contributed by atoms with Crippen molar-refractivity contribution in [2.24, 2.45) is 5.92 Å². The molecule has 2 atom stereocenters. The van der Waals surface area contributed by atoms with Crippen molar-refractivity contribution in [2.75, 3.05) is 37.0 Å². The molecule has 2 aliphatic heterocycles. The molecule has 6 rings (SSSR count). The molecule has 3 aromatic rings. The number of carbonyl (C=O) groups excluding carboxylic acids is 2. The maximum Gasteiger partial charge on any atom is 0.409 e. The summed E-state index contributed by atoms with van der Waals surface area (Å²) in [5.74, 6) is 2.86. The molecule has 0 aromatic carbocycles. The predicted octanol–water partition coefficient (Wildman–Crippen LogP) is 3.48. The molecule has 11 nitrogen and oxygen atoms in total. The molecule has 0 radical (unpaired) electrons. The van der Waals surface area contributed by atoms with Gasteiger partial charge in [0.25, 0.3) is 0 Å². The van der Waals surface area contributed by atoms with Crippen LogP contribution in [0.4, 0.5) is 22.4 Å². The highest BCUT2D eigenvalue weighted by atomic mass is 16.5. The van der Waals surface area contributed by atoms with E-state index in [1.165, 1.54) is 20.0 Å². The molecule has 3 fully saturated rings. The first-order valence-electron chi connectivity index (χ1n) is 12.9. The van der Waals surface area contributed by atoms with Gasteiger partial charge in [-0.25, -0.2) is 9.31 Å². The van der Waals surface area contributed by atoms with Crippen molar-refractivity contribution in [3.05, 3.63) is 30.1 Å². The summed E-state index contributed by atoms with van der Waals surface area (Å²) in [5.41, 5.74) is 2.00. The minimum absolute atomic E-state index is 0.151. The quantitative estimate of drug-likeness (QED) is 0.514. The zero-order valence-electron chi connectivity index (χ0n) is 20.5. The average molecular weight is 493 g/mol. The minimum Gasteiger partial charge on any atom is -0.453 e. The summed E-state index contributed by atoms with van der Waals surface area (Å²) in [7, 11) is 1.40. The number of aromatic amines is 1. The first kappa shape index (κ1) is 22.8.